The highest BCUT2D eigenvalue weighted by molar-refractivity contribution is 5.94. The first kappa shape index (κ1) is 21.5. The molecule has 1 aliphatic carbocycles. The Morgan fingerprint density at radius 2 is 1.72 bits per heavy atom. The van der Waals surface area contributed by atoms with Crippen molar-refractivity contribution in [1.29, 1.82) is 0 Å². The highest BCUT2D eigenvalue weighted by atomic mass is 16.5. The quantitative estimate of drug-likeness (QED) is 0.682. The standard InChI is InChI=1S/C27H35N3O2/c31-26(21-9-10-21)29-24-7-4-8-25(19-24)30-15-11-23(12-16-30)28-20-27(13-17-32-18-14-27)22-5-2-1-3-6-22/h1-8,19,21,23,28H,9-18,20H2,(H,29,31). The lowest BCUT2D eigenvalue weighted by atomic mass is 9.74. The predicted octanol–water partition coefficient (Wildman–Crippen LogP) is 4.34. The van der Waals surface area contributed by atoms with Crippen molar-refractivity contribution >= 4 is 17.3 Å². The van der Waals surface area contributed by atoms with Crippen LogP contribution in [0.1, 0.15) is 44.1 Å². The Bertz CT molecular complexity index is 898. The number of anilines is 2. The first-order valence-electron chi connectivity index (χ1n) is 12.2. The molecule has 0 atom stereocenters. The summed E-state index contributed by atoms with van der Waals surface area (Å²) in [5.74, 6) is 0.404. The molecule has 0 radical (unpaired) electrons. The summed E-state index contributed by atoms with van der Waals surface area (Å²) in [4.78, 5) is 14.5. The van der Waals surface area contributed by atoms with Crippen molar-refractivity contribution in [3.63, 3.8) is 0 Å². The van der Waals surface area contributed by atoms with Gasteiger partial charge >= 0.3 is 0 Å². The maximum Gasteiger partial charge on any atom is 0.227 e. The molecule has 3 fully saturated rings. The van der Waals surface area contributed by atoms with Crippen LogP contribution in [0.3, 0.4) is 0 Å². The molecule has 2 aliphatic heterocycles. The van der Waals surface area contributed by atoms with E-state index in [-0.39, 0.29) is 17.2 Å². The fourth-order valence-electron chi connectivity index (χ4n) is 5.17. The van der Waals surface area contributed by atoms with E-state index in [4.69, 9.17) is 4.74 Å². The minimum Gasteiger partial charge on any atom is -0.381 e. The number of ether oxygens (including phenoxy) is 1. The van der Waals surface area contributed by atoms with Gasteiger partial charge in [0, 0.05) is 61.6 Å². The molecule has 0 bridgehead atoms. The number of nitrogens with zero attached hydrogens (tertiary/aromatic N) is 1. The molecule has 2 heterocycles. The fourth-order valence-corrected chi connectivity index (χ4v) is 5.17. The Balaban J connectivity index is 1.16. The molecule has 2 aromatic rings. The van der Waals surface area contributed by atoms with Crippen LogP contribution in [0.25, 0.3) is 0 Å². The van der Waals surface area contributed by atoms with Crippen LogP contribution in [0.5, 0.6) is 0 Å². The van der Waals surface area contributed by atoms with Gasteiger partial charge in [0.15, 0.2) is 0 Å². The molecule has 1 amide bonds. The van der Waals surface area contributed by atoms with Crippen LogP contribution < -0.4 is 15.5 Å². The van der Waals surface area contributed by atoms with E-state index < -0.39 is 0 Å². The van der Waals surface area contributed by atoms with E-state index in [1.807, 2.05) is 6.07 Å². The third-order valence-electron chi connectivity index (χ3n) is 7.49. The number of hydrogen-bond donors (Lipinski definition) is 2. The number of benzene rings is 2. The molecule has 1 saturated carbocycles. The van der Waals surface area contributed by atoms with Crippen molar-refractivity contribution in [1.82, 2.24) is 5.32 Å². The Kier molecular flexibility index (Phi) is 6.47. The number of amides is 1. The Morgan fingerprint density at radius 1 is 0.969 bits per heavy atom. The van der Waals surface area contributed by atoms with Gasteiger partial charge in [0.05, 0.1) is 0 Å². The maximum absolute atomic E-state index is 12.1. The number of carbonyl (C=O) groups is 1. The molecule has 32 heavy (non-hydrogen) atoms. The van der Waals surface area contributed by atoms with Gasteiger partial charge in [0.1, 0.15) is 0 Å². The summed E-state index contributed by atoms with van der Waals surface area (Å²) in [6.45, 7) is 4.80. The molecule has 0 aromatic heterocycles. The smallest absolute Gasteiger partial charge is 0.227 e. The topological polar surface area (TPSA) is 53.6 Å². The van der Waals surface area contributed by atoms with Crippen molar-refractivity contribution in [2.45, 2.75) is 50.0 Å². The Hall–Kier alpha value is -2.37. The zero-order valence-corrected chi connectivity index (χ0v) is 18.9. The third-order valence-corrected chi connectivity index (χ3v) is 7.49. The van der Waals surface area contributed by atoms with E-state index in [0.717, 1.165) is 77.1 Å². The predicted molar refractivity (Wildman–Crippen MR) is 129 cm³/mol. The average molecular weight is 434 g/mol. The first-order valence-corrected chi connectivity index (χ1v) is 12.2. The SMILES string of the molecule is O=C(Nc1cccc(N2CCC(NCC3(c4ccccc4)CCOCC3)CC2)c1)C1CC1. The average Bonchev–Trinajstić information content (AvgIpc) is 3.70. The highest BCUT2D eigenvalue weighted by Crippen LogP contribution is 2.35. The van der Waals surface area contributed by atoms with Gasteiger partial charge in [-0.05, 0) is 62.3 Å². The summed E-state index contributed by atoms with van der Waals surface area (Å²) in [7, 11) is 0. The van der Waals surface area contributed by atoms with Gasteiger partial charge in [-0.3, -0.25) is 4.79 Å². The minimum absolute atomic E-state index is 0.172. The number of carbonyl (C=O) groups excluding carboxylic acids is 1. The second-order valence-electron chi connectivity index (χ2n) is 9.71. The molecular formula is C27H35N3O2. The highest BCUT2D eigenvalue weighted by Gasteiger charge is 2.35. The summed E-state index contributed by atoms with van der Waals surface area (Å²) in [6.07, 6.45) is 6.51. The fraction of sp³-hybridized carbons (Fsp3) is 0.519. The van der Waals surface area contributed by atoms with E-state index in [0.29, 0.717) is 6.04 Å². The monoisotopic (exact) mass is 433 g/mol. The molecule has 3 aliphatic rings. The molecule has 5 rings (SSSR count). The summed E-state index contributed by atoms with van der Waals surface area (Å²) in [6, 6.07) is 19.9. The van der Waals surface area contributed by atoms with E-state index in [1.165, 1.54) is 11.3 Å². The lowest BCUT2D eigenvalue weighted by molar-refractivity contribution is -0.117. The van der Waals surface area contributed by atoms with E-state index in [9.17, 15) is 4.79 Å². The maximum atomic E-state index is 12.1. The molecule has 0 spiro atoms. The zero-order chi connectivity index (χ0) is 21.8. The second-order valence-corrected chi connectivity index (χ2v) is 9.71. The number of rotatable bonds is 7. The minimum atomic E-state index is 0.172. The summed E-state index contributed by atoms with van der Waals surface area (Å²) in [5, 5.41) is 7.00. The number of nitrogens with one attached hydrogen (secondary N) is 2. The molecule has 5 heteroatoms. The lowest BCUT2D eigenvalue weighted by Crippen LogP contribution is -2.49. The first-order chi connectivity index (χ1) is 15.7. The van der Waals surface area contributed by atoms with Gasteiger partial charge in [0.2, 0.25) is 5.91 Å². The normalized spacial score (nSPS) is 21.3. The van der Waals surface area contributed by atoms with Crippen LogP contribution in [-0.4, -0.2) is 44.8 Å². The van der Waals surface area contributed by atoms with Crippen LogP contribution in [-0.2, 0) is 14.9 Å². The molecule has 2 N–H and O–H groups in total. The van der Waals surface area contributed by atoms with Crippen LogP contribution in [0.2, 0.25) is 0 Å². The van der Waals surface area contributed by atoms with Crippen LogP contribution in [0.4, 0.5) is 11.4 Å². The molecule has 2 aromatic carbocycles. The molecule has 5 nitrogen and oxygen atoms in total. The number of hydrogen-bond acceptors (Lipinski definition) is 4. The summed E-state index contributed by atoms with van der Waals surface area (Å²) >= 11 is 0. The lowest BCUT2D eigenvalue weighted by Gasteiger charge is -2.41. The van der Waals surface area contributed by atoms with Gasteiger partial charge in [-0.25, -0.2) is 0 Å². The Labute approximate surface area is 191 Å². The molecular weight excluding hydrogens is 398 g/mol. The van der Waals surface area contributed by atoms with Crippen molar-refractivity contribution in [3.05, 3.63) is 60.2 Å². The van der Waals surface area contributed by atoms with E-state index in [2.05, 4.69) is 64.1 Å². The van der Waals surface area contributed by atoms with Gasteiger partial charge in [0.25, 0.3) is 0 Å². The zero-order valence-electron chi connectivity index (χ0n) is 18.9. The van der Waals surface area contributed by atoms with Crippen LogP contribution in [0, 0.1) is 5.92 Å². The second kappa shape index (κ2) is 9.63. The Morgan fingerprint density at radius 3 is 2.44 bits per heavy atom. The van der Waals surface area contributed by atoms with Crippen LogP contribution in [0.15, 0.2) is 54.6 Å². The van der Waals surface area contributed by atoms with Crippen LogP contribution >= 0.6 is 0 Å². The molecule has 170 valence electrons. The van der Waals surface area contributed by atoms with Crippen molar-refractivity contribution in [3.8, 4) is 0 Å². The van der Waals surface area contributed by atoms with E-state index >= 15 is 0 Å². The van der Waals surface area contributed by atoms with Gasteiger partial charge in [-0.15, -0.1) is 0 Å². The largest absolute Gasteiger partial charge is 0.381 e. The van der Waals surface area contributed by atoms with E-state index in [1.54, 1.807) is 0 Å². The van der Waals surface area contributed by atoms with Gasteiger partial charge in [-0.2, -0.15) is 0 Å². The van der Waals surface area contributed by atoms with Crippen molar-refractivity contribution in [2.24, 2.45) is 5.92 Å². The summed E-state index contributed by atoms with van der Waals surface area (Å²) in [5.41, 5.74) is 3.76. The molecule has 2 saturated heterocycles. The van der Waals surface area contributed by atoms with Crippen molar-refractivity contribution < 1.29 is 9.53 Å². The van der Waals surface area contributed by atoms with Gasteiger partial charge in [-0.1, -0.05) is 36.4 Å². The third kappa shape index (κ3) is 5.00. The van der Waals surface area contributed by atoms with Crippen molar-refractivity contribution in [2.75, 3.05) is 43.1 Å². The number of piperidine rings is 1. The summed E-state index contributed by atoms with van der Waals surface area (Å²) < 4.78 is 5.69. The molecule has 0 unspecified atom stereocenters. The van der Waals surface area contributed by atoms with Gasteiger partial charge < -0.3 is 20.3 Å².